The Kier molecular flexibility index (Phi) is 5.01. The summed E-state index contributed by atoms with van der Waals surface area (Å²) < 4.78 is 10.5. The van der Waals surface area contributed by atoms with E-state index in [9.17, 15) is 4.79 Å². The van der Waals surface area contributed by atoms with Crippen molar-refractivity contribution in [3.05, 3.63) is 29.3 Å². The highest BCUT2D eigenvalue weighted by Crippen LogP contribution is 2.25. The van der Waals surface area contributed by atoms with Gasteiger partial charge in [0.1, 0.15) is 11.3 Å². The number of carbonyl (C=O) groups excluding carboxylic acids is 1. The molecule has 94 valence electrons. The van der Waals surface area contributed by atoms with Crippen molar-refractivity contribution in [3.63, 3.8) is 0 Å². The molecule has 0 bridgehead atoms. The summed E-state index contributed by atoms with van der Waals surface area (Å²) in [5.41, 5.74) is 1.65. The van der Waals surface area contributed by atoms with E-state index in [4.69, 9.17) is 9.47 Å². The highest BCUT2D eigenvalue weighted by Gasteiger charge is 2.14. The number of carbonyl (C=O) groups is 1. The number of rotatable bonds is 5. The molecule has 0 saturated carbocycles. The standard InChI is InChI=1S/C14H20O3/c1-5-16-13-9-11(10(3)4)7-8-12(13)14(15)17-6-2/h7-10H,5-6H2,1-4H3. The highest BCUT2D eigenvalue weighted by atomic mass is 16.5. The Morgan fingerprint density at radius 2 is 1.94 bits per heavy atom. The largest absolute Gasteiger partial charge is 0.493 e. The van der Waals surface area contributed by atoms with Crippen molar-refractivity contribution in [2.45, 2.75) is 33.6 Å². The van der Waals surface area contributed by atoms with Crippen LogP contribution in [0.2, 0.25) is 0 Å². The van der Waals surface area contributed by atoms with E-state index in [1.54, 1.807) is 13.0 Å². The van der Waals surface area contributed by atoms with E-state index in [0.717, 1.165) is 5.56 Å². The minimum absolute atomic E-state index is 0.328. The molecule has 0 aliphatic rings. The molecular weight excluding hydrogens is 216 g/mol. The zero-order chi connectivity index (χ0) is 12.8. The summed E-state index contributed by atoms with van der Waals surface area (Å²) in [6.07, 6.45) is 0. The van der Waals surface area contributed by atoms with Gasteiger partial charge in [-0.2, -0.15) is 0 Å². The van der Waals surface area contributed by atoms with Crippen molar-refractivity contribution in [2.24, 2.45) is 0 Å². The Morgan fingerprint density at radius 3 is 2.47 bits per heavy atom. The summed E-state index contributed by atoms with van der Waals surface area (Å²) in [5, 5.41) is 0. The van der Waals surface area contributed by atoms with E-state index in [2.05, 4.69) is 13.8 Å². The molecule has 0 atom stereocenters. The third kappa shape index (κ3) is 3.48. The van der Waals surface area contributed by atoms with Crippen LogP contribution in [0.15, 0.2) is 18.2 Å². The molecule has 3 heteroatoms. The molecule has 0 saturated heterocycles. The lowest BCUT2D eigenvalue weighted by Gasteiger charge is -2.13. The fourth-order valence-electron chi connectivity index (χ4n) is 1.55. The maximum atomic E-state index is 11.7. The molecule has 0 N–H and O–H groups in total. The van der Waals surface area contributed by atoms with E-state index >= 15 is 0 Å². The van der Waals surface area contributed by atoms with Gasteiger partial charge in [-0.25, -0.2) is 4.79 Å². The first-order chi connectivity index (χ1) is 8.10. The van der Waals surface area contributed by atoms with Crippen LogP contribution in [0.3, 0.4) is 0 Å². The number of esters is 1. The average Bonchev–Trinajstić information content (AvgIpc) is 2.29. The van der Waals surface area contributed by atoms with Crippen molar-refractivity contribution >= 4 is 5.97 Å². The van der Waals surface area contributed by atoms with Crippen LogP contribution in [-0.2, 0) is 4.74 Å². The number of benzene rings is 1. The topological polar surface area (TPSA) is 35.5 Å². The van der Waals surface area contributed by atoms with E-state index in [1.165, 1.54) is 0 Å². The predicted molar refractivity (Wildman–Crippen MR) is 67.7 cm³/mol. The fourth-order valence-corrected chi connectivity index (χ4v) is 1.55. The predicted octanol–water partition coefficient (Wildman–Crippen LogP) is 3.39. The Bertz CT molecular complexity index is 383. The second-order valence-corrected chi connectivity index (χ2v) is 4.06. The monoisotopic (exact) mass is 236 g/mol. The van der Waals surface area contributed by atoms with Crippen molar-refractivity contribution in [2.75, 3.05) is 13.2 Å². The van der Waals surface area contributed by atoms with E-state index < -0.39 is 0 Å². The van der Waals surface area contributed by atoms with Crippen LogP contribution < -0.4 is 4.74 Å². The lowest BCUT2D eigenvalue weighted by atomic mass is 10.0. The molecule has 0 aliphatic heterocycles. The molecule has 0 aromatic heterocycles. The van der Waals surface area contributed by atoms with E-state index in [1.807, 2.05) is 19.1 Å². The van der Waals surface area contributed by atoms with Gasteiger partial charge in [0, 0.05) is 0 Å². The minimum atomic E-state index is -0.328. The lowest BCUT2D eigenvalue weighted by Crippen LogP contribution is -2.08. The van der Waals surface area contributed by atoms with Crippen LogP contribution in [-0.4, -0.2) is 19.2 Å². The van der Waals surface area contributed by atoms with Crippen LogP contribution in [0, 0.1) is 0 Å². The zero-order valence-corrected chi connectivity index (χ0v) is 10.9. The molecule has 3 nitrogen and oxygen atoms in total. The van der Waals surface area contributed by atoms with Gasteiger partial charge in [0.05, 0.1) is 13.2 Å². The maximum Gasteiger partial charge on any atom is 0.341 e. The Hall–Kier alpha value is -1.51. The van der Waals surface area contributed by atoms with Gasteiger partial charge in [-0.15, -0.1) is 0 Å². The first-order valence-electron chi connectivity index (χ1n) is 6.04. The van der Waals surface area contributed by atoms with Gasteiger partial charge < -0.3 is 9.47 Å². The fraction of sp³-hybridized carbons (Fsp3) is 0.500. The molecule has 1 aromatic carbocycles. The summed E-state index contributed by atoms with van der Waals surface area (Å²) in [7, 11) is 0. The normalized spacial score (nSPS) is 10.4. The third-order valence-electron chi connectivity index (χ3n) is 2.47. The van der Waals surface area contributed by atoms with Gasteiger partial charge in [0.15, 0.2) is 0 Å². The van der Waals surface area contributed by atoms with Gasteiger partial charge >= 0.3 is 5.97 Å². The summed E-state index contributed by atoms with van der Waals surface area (Å²) in [6, 6.07) is 5.64. The van der Waals surface area contributed by atoms with Crippen LogP contribution in [0.4, 0.5) is 0 Å². The van der Waals surface area contributed by atoms with Crippen LogP contribution in [0.5, 0.6) is 5.75 Å². The highest BCUT2D eigenvalue weighted by molar-refractivity contribution is 5.92. The Balaban J connectivity index is 3.07. The second-order valence-electron chi connectivity index (χ2n) is 4.06. The van der Waals surface area contributed by atoms with Gasteiger partial charge in [0.2, 0.25) is 0 Å². The minimum Gasteiger partial charge on any atom is -0.493 e. The molecule has 0 heterocycles. The van der Waals surface area contributed by atoms with E-state index in [-0.39, 0.29) is 5.97 Å². The number of hydrogen-bond donors (Lipinski definition) is 0. The molecule has 1 aromatic rings. The summed E-state index contributed by atoms with van der Waals surface area (Å²) in [5.74, 6) is 0.689. The van der Waals surface area contributed by atoms with Gasteiger partial charge in [-0.05, 0) is 37.5 Å². The first kappa shape index (κ1) is 13.6. The molecule has 0 amide bonds. The van der Waals surface area contributed by atoms with Crippen molar-refractivity contribution in [1.82, 2.24) is 0 Å². The summed E-state index contributed by atoms with van der Waals surface area (Å²) in [4.78, 5) is 11.7. The SMILES string of the molecule is CCOC(=O)c1ccc(C(C)C)cc1OCC. The molecule has 0 aliphatic carbocycles. The molecule has 0 fully saturated rings. The molecule has 0 radical (unpaired) electrons. The van der Waals surface area contributed by atoms with Gasteiger partial charge in [-0.1, -0.05) is 19.9 Å². The summed E-state index contributed by atoms with van der Waals surface area (Å²) in [6.45, 7) is 8.81. The lowest BCUT2D eigenvalue weighted by molar-refractivity contribution is 0.0522. The van der Waals surface area contributed by atoms with Crippen LogP contribution in [0.1, 0.15) is 49.5 Å². The van der Waals surface area contributed by atoms with Crippen LogP contribution in [0.25, 0.3) is 0 Å². The number of hydrogen-bond acceptors (Lipinski definition) is 3. The molecular formula is C14H20O3. The first-order valence-corrected chi connectivity index (χ1v) is 6.04. The molecule has 0 spiro atoms. The molecule has 0 unspecified atom stereocenters. The van der Waals surface area contributed by atoms with Crippen LogP contribution >= 0.6 is 0 Å². The van der Waals surface area contributed by atoms with Crippen molar-refractivity contribution < 1.29 is 14.3 Å². The zero-order valence-electron chi connectivity index (χ0n) is 10.9. The Morgan fingerprint density at radius 1 is 1.24 bits per heavy atom. The van der Waals surface area contributed by atoms with Gasteiger partial charge in [0.25, 0.3) is 0 Å². The molecule has 17 heavy (non-hydrogen) atoms. The average molecular weight is 236 g/mol. The quantitative estimate of drug-likeness (QED) is 0.735. The second kappa shape index (κ2) is 6.28. The van der Waals surface area contributed by atoms with Crippen molar-refractivity contribution in [1.29, 1.82) is 0 Å². The smallest absolute Gasteiger partial charge is 0.341 e. The summed E-state index contributed by atoms with van der Waals surface area (Å²) >= 11 is 0. The molecule has 1 rings (SSSR count). The number of ether oxygens (including phenoxy) is 2. The van der Waals surface area contributed by atoms with Gasteiger partial charge in [-0.3, -0.25) is 0 Å². The Labute approximate surface area is 103 Å². The maximum absolute atomic E-state index is 11.7. The van der Waals surface area contributed by atoms with E-state index in [0.29, 0.717) is 30.4 Å². The van der Waals surface area contributed by atoms with Crippen molar-refractivity contribution in [3.8, 4) is 5.75 Å². The third-order valence-corrected chi connectivity index (χ3v) is 2.47.